The first-order valence-corrected chi connectivity index (χ1v) is 22.3. The number of hydrogen-bond acceptors (Lipinski definition) is 16. The number of nitrogens with two attached hydrogens (primary N) is 5. The van der Waals surface area contributed by atoms with Crippen molar-refractivity contribution >= 4 is 70.9 Å². The number of unbranched alkanes of at least 4 members (excludes halogenated alkanes) is 1. The number of carboxylic acid groups (broad SMARTS) is 1. The van der Waals surface area contributed by atoms with Crippen molar-refractivity contribution in [3.63, 3.8) is 0 Å². The fourth-order valence-corrected chi connectivity index (χ4v) is 7.00. The smallest absolute Gasteiger partial charge is 0.326 e. The minimum atomic E-state index is -1.76. The van der Waals surface area contributed by atoms with Crippen molar-refractivity contribution in [1.29, 1.82) is 0 Å². The molecule has 20 N–H and O–H groups in total. The number of nitrogens with one attached hydrogen (secondary N) is 7. The number of aliphatic hydroxyl groups excluding tert-OH is 2. The minimum absolute atomic E-state index is 0.00117. The monoisotopic (exact) mass is 991 g/mol. The highest BCUT2D eigenvalue weighted by Gasteiger charge is 2.39. The van der Waals surface area contributed by atoms with Crippen LogP contribution in [0.25, 0.3) is 0 Å². The molecule has 8 atom stereocenters. The Morgan fingerprint density at radius 1 is 0.629 bits per heavy atom. The molecule has 0 spiro atoms. The molecule has 11 amide bonds. The van der Waals surface area contributed by atoms with Gasteiger partial charge < -0.3 is 86.1 Å². The molecule has 1 aromatic rings. The lowest BCUT2D eigenvalue weighted by Crippen LogP contribution is -2.60. The standard InChI is InChI=1S/C42H65N13O15/c43-15-5-4-9-26(42(69)70)51-39(66)29(21-57)54-36(63)24(11-13-31(45)58)49-34(61)19-48-40(67)30-10-6-16-55(30)41(68)28(17-22-7-2-1-3-8-22)53-38(65)27(18-33(47)60)52-37(64)25(12-14-32(46)59)50-35(62)23(44)20-56/h1-3,7-8,23-30,56-57H,4-6,9-21,43-44H2,(H2,45,58)(H2,46,59)(H2,47,60)(H,48,67)(H,49,61)(H,50,62)(H,51,66)(H,52,64)(H,53,65)(H,54,63)(H,69,70)/t23-,24-,25-,26-,27-,28-,29-,30-/m0/s1. The molecule has 1 fully saturated rings. The number of rotatable bonds is 32. The number of nitrogens with zero attached hydrogens (tertiary/aromatic N) is 1. The first-order valence-electron chi connectivity index (χ1n) is 22.3. The number of aliphatic hydroxyl groups is 2. The van der Waals surface area contributed by atoms with Crippen LogP contribution in [0.3, 0.4) is 0 Å². The fourth-order valence-electron chi connectivity index (χ4n) is 7.00. The molecular formula is C42H65N13O15. The average Bonchev–Trinajstić information content (AvgIpc) is 3.81. The second-order valence-electron chi connectivity index (χ2n) is 16.3. The van der Waals surface area contributed by atoms with Crippen molar-refractivity contribution in [2.24, 2.45) is 28.7 Å². The van der Waals surface area contributed by atoms with Crippen LogP contribution in [0.15, 0.2) is 30.3 Å². The van der Waals surface area contributed by atoms with Crippen molar-refractivity contribution < 1.29 is 72.9 Å². The second-order valence-corrected chi connectivity index (χ2v) is 16.3. The van der Waals surface area contributed by atoms with Gasteiger partial charge >= 0.3 is 5.97 Å². The van der Waals surface area contributed by atoms with Crippen molar-refractivity contribution in [3.05, 3.63) is 35.9 Å². The third kappa shape index (κ3) is 20.5. The van der Waals surface area contributed by atoms with Gasteiger partial charge in [0.15, 0.2) is 0 Å². The molecule has 2 rings (SSSR count). The van der Waals surface area contributed by atoms with Crippen molar-refractivity contribution in [3.8, 4) is 0 Å². The van der Waals surface area contributed by atoms with Crippen LogP contribution in [0.2, 0.25) is 0 Å². The summed E-state index contributed by atoms with van der Waals surface area (Å²) in [5.74, 6) is -12.0. The number of carbonyl (C=O) groups is 12. The van der Waals surface area contributed by atoms with Gasteiger partial charge in [0.2, 0.25) is 65.0 Å². The third-order valence-corrected chi connectivity index (χ3v) is 10.8. The molecule has 0 aliphatic carbocycles. The van der Waals surface area contributed by atoms with Crippen LogP contribution in [-0.2, 0) is 64.0 Å². The number of amides is 11. The van der Waals surface area contributed by atoms with Crippen LogP contribution in [0, 0.1) is 0 Å². The minimum Gasteiger partial charge on any atom is -0.480 e. The highest BCUT2D eigenvalue weighted by Crippen LogP contribution is 2.20. The van der Waals surface area contributed by atoms with Crippen molar-refractivity contribution in [2.45, 2.75) is 119 Å². The zero-order valence-corrected chi connectivity index (χ0v) is 38.4. The number of primary amides is 3. The molecule has 388 valence electrons. The lowest BCUT2D eigenvalue weighted by Gasteiger charge is -2.30. The molecule has 0 aromatic heterocycles. The Balaban J connectivity index is 2.27. The number of aliphatic carboxylic acids is 1. The molecule has 1 heterocycles. The van der Waals surface area contributed by atoms with E-state index < -0.39 is 165 Å². The normalized spacial score (nSPS) is 16.1. The van der Waals surface area contributed by atoms with E-state index in [1.807, 2.05) is 0 Å². The summed E-state index contributed by atoms with van der Waals surface area (Å²) in [5.41, 5.74) is 27.4. The van der Waals surface area contributed by atoms with Crippen LogP contribution in [0.1, 0.15) is 69.8 Å². The Labute approximate surface area is 401 Å². The molecule has 0 radical (unpaired) electrons. The van der Waals surface area contributed by atoms with Crippen molar-refractivity contribution in [2.75, 3.05) is 32.8 Å². The Kier molecular flexibility index (Phi) is 25.4. The highest BCUT2D eigenvalue weighted by molar-refractivity contribution is 5.99. The fraction of sp³-hybridized carbons (Fsp3) is 0.571. The summed E-state index contributed by atoms with van der Waals surface area (Å²) >= 11 is 0. The van der Waals surface area contributed by atoms with Gasteiger partial charge in [-0.1, -0.05) is 30.3 Å². The van der Waals surface area contributed by atoms with E-state index in [0.29, 0.717) is 18.4 Å². The highest BCUT2D eigenvalue weighted by atomic mass is 16.4. The molecule has 1 aliphatic rings. The summed E-state index contributed by atoms with van der Waals surface area (Å²) in [6.07, 6.45) is -1.40. The van der Waals surface area contributed by atoms with E-state index in [9.17, 15) is 72.9 Å². The van der Waals surface area contributed by atoms with Gasteiger partial charge in [0.1, 0.15) is 48.3 Å². The zero-order valence-electron chi connectivity index (χ0n) is 38.4. The summed E-state index contributed by atoms with van der Waals surface area (Å²) in [7, 11) is 0. The summed E-state index contributed by atoms with van der Waals surface area (Å²) in [4.78, 5) is 155. The number of likely N-dealkylation sites (tertiary alicyclic amines) is 1. The van der Waals surface area contributed by atoms with E-state index in [4.69, 9.17) is 28.7 Å². The lowest BCUT2D eigenvalue weighted by molar-refractivity contribution is -0.143. The second kappa shape index (κ2) is 30.2. The van der Waals surface area contributed by atoms with Crippen LogP contribution >= 0.6 is 0 Å². The molecule has 28 nitrogen and oxygen atoms in total. The maximum atomic E-state index is 14.3. The van der Waals surface area contributed by atoms with Crippen LogP contribution in [0.4, 0.5) is 0 Å². The molecule has 1 aliphatic heterocycles. The predicted octanol–water partition coefficient (Wildman–Crippen LogP) is -7.82. The SMILES string of the molecule is NCCCC[C@H](NC(=O)[C@H](CO)NC(=O)[C@H](CCC(N)=O)NC(=O)CNC(=O)[C@@H]1CCCN1C(=O)[C@H](Cc1ccccc1)NC(=O)[C@H](CC(N)=O)NC(=O)[C@H](CCC(N)=O)NC(=O)[C@@H](N)CO)C(=O)O. The molecular weight excluding hydrogens is 927 g/mol. The maximum Gasteiger partial charge on any atom is 0.326 e. The van der Waals surface area contributed by atoms with Crippen LogP contribution in [-0.4, -0.2) is 172 Å². The third-order valence-electron chi connectivity index (χ3n) is 10.8. The van der Waals surface area contributed by atoms with Gasteiger partial charge in [0.05, 0.1) is 26.2 Å². The van der Waals surface area contributed by atoms with Gasteiger partial charge in [0, 0.05) is 25.8 Å². The molecule has 28 heteroatoms. The quantitative estimate of drug-likeness (QED) is 0.0298. The largest absolute Gasteiger partial charge is 0.480 e. The zero-order chi connectivity index (χ0) is 52.5. The number of benzene rings is 1. The number of carbonyl (C=O) groups excluding carboxylic acids is 11. The Morgan fingerprint density at radius 2 is 1.16 bits per heavy atom. The molecule has 0 saturated carbocycles. The number of carboxylic acids is 1. The molecule has 70 heavy (non-hydrogen) atoms. The Hall–Kier alpha value is -7.30. The summed E-state index contributed by atoms with van der Waals surface area (Å²) in [6.45, 7) is -2.29. The van der Waals surface area contributed by atoms with Gasteiger partial charge in [-0.3, -0.25) is 52.7 Å². The lowest BCUT2D eigenvalue weighted by atomic mass is 10.0. The van der Waals surface area contributed by atoms with Gasteiger partial charge in [0.25, 0.3) is 0 Å². The average molecular weight is 992 g/mol. The first-order chi connectivity index (χ1) is 33.1. The topological polar surface area (TPSA) is 483 Å². The number of hydrogen-bond donors (Lipinski definition) is 15. The van der Waals surface area contributed by atoms with Gasteiger partial charge in [-0.05, 0) is 57.1 Å². The van der Waals surface area contributed by atoms with Crippen LogP contribution in [0.5, 0.6) is 0 Å². The van der Waals surface area contributed by atoms with Crippen LogP contribution < -0.4 is 65.9 Å². The predicted molar refractivity (Wildman–Crippen MR) is 243 cm³/mol. The Bertz CT molecular complexity index is 2030. The first kappa shape index (κ1) is 58.8. The molecule has 0 bridgehead atoms. The molecule has 0 unspecified atom stereocenters. The maximum absolute atomic E-state index is 14.3. The van der Waals surface area contributed by atoms with E-state index in [-0.39, 0.29) is 45.2 Å². The van der Waals surface area contributed by atoms with E-state index >= 15 is 0 Å². The van der Waals surface area contributed by atoms with E-state index in [1.54, 1.807) is 30.3 Å². The summed E-state index contributed by atoms with van der Waals surface area (Å²) in [5, 5.41) is 44.8. The molecule has 1 aromatic carbocycles. The van der Waals surface area contributed by atoms with Gasteiger partial charge in [-0.25, -0.2) is 4.79 Å². The van der Waals surface area contributed by atoms with Gasteiger partial charge in [-0.15, -0.1) is 0 Å². The summed E-state index contributed by atoms with van der Waals surface area (Å²) < 4.78 is 0. The summed E-state index contributed by atoms with van der Waals surface area (Å²) in [6, 6.07) is -3.76. The Morgan fingerprint density at radius 3 is 1.70 bits per heavy atom. The van der Waals surface area contributed by atoms with Crippen molar-refractivity contribution in [1.82, 2.24) is 42.1 Å². The molecule has 1 saturated heterocycles. The van der Waals surface area contributed by atoms with Gasteiger partial charge in [-0.2, -0.15) is 0 Å². The van der Waals surface area contributed by atoms with E-state index in [1.165, 1.54) is 0 Å². The van der Waals surface area contributed by atoms with E-state index in [0.717, 1.165) is 4.90 Å². The van der Waals surface area contributed by atoms with E-state index in [2.05, 4.69) is 37.2 Å².